The fourth-order valence-electron chi connectivity index (χ4n) is 2.38. The minimum Gasteiger partial charge on any atom is -0.494 e. The first-order valence-electron chi connectivity index (χ1n) is 9.05. The molecule has 2 aromatic carbocycles. The van der Waals surface area contributed by atoms with Gasteiger partial charge in [-0.25, -0.2) is 0 Å². The predicted octanol–water partition coefficient (Wildman–Crippen LogP) is 3.31. The van der Waals surface area contributed by atoms with Crippen LogP contribution in [0.25, 0.3) is 0 Å². The van der Waals surface area contributed by atoms with Crippen LogP contribution in [-0.4, -0.2) is 31.6 Å². The van der Waals surface area contributed by atoms with Crippen molar-refractivity contribution >= 4 is 17.5 Å². The lowest BCUT2D eigenvalue weighted by Crippen LogP contribution is -2.28. The Hall–Kier alpha value is -3.02. The van der Waals surface area contributed by atoms with Crippen LogP contribution in [0.15, 0.2) is 48.5 Å². The number of likely N-dealkylation sites (N-methyl/N-ethyl adjacent to an activating group) is 1. The van der Waals surface area contributed by atoms with E-state index in [2.05, 4.69) is 10.6 Å². The Morgan fingerprint density at radius 1 is 0.963 bits per heavy atom. The summed E-state index contributed by atoms with van der Waals surface area (Å²) in [6.07, 6.45) is 1.01. The fourth-order valence-corrected chi connectivity index (χ4v) is 2.38. The van der Waals surface area contributed by atoms with E-state index < -0.39 is 0 Å². The van der Waals surface area contributed by atoms with E-state index in [1.807, 2.05) is 38.1 Å². The lowest BCUT2D eigenvalue weighted by Gasteiger charge is -2.09. The minimum atomic E-state index is -0.164. The van der Waals surface area contributed by atoms with Crippen molar-refractivity contribution in [3.63, 3.8) is 0 Å². The number of carbonyl (C=O) groups excluding carboxylic acids is 2. The molecule has 6 heteroatoms. The maximum absolute atomic E-state index is 12.0. The largest absolute Gasteiger partial charge is 0.494 e. The van der Waals surface area contributed by atoms with Crippen molar-refractivity contribution in [2.45, 2.75) is 26.7 Å². The lowest BCUT2D eigenvalue weighted by atomic mass is 10.2. The molecule has 0 saturated carbocycles. The first kappa shape index (κ1) is 20.3. The molecule has 0 atom stereocenters. The monoisotopic (exact) mass is 370 g/mol. The molecule has 2 aromatic rings. The maximum Gasteiger partial charge on any atom is 0.257 e. The molecule has 0 aliphatic heterocycles. The number of ether oxygens (including phenoxy) is 2. The van der Waals surface area contributed by atoms with Crippen LogP contribution in [0.4, 0.5) is 5.69 Å². The summed E-state index contributed by atoms with van der Waals surface area (Å²) in [7, 11) is 0. The van der Waals surface area contributed by atoms with Crippen LogP contribution in [0.1, 0.15) is 25.3 Å². The molecule has 0 bridgehead atoms. The molecule has 27 heavy (non-hydrogen) atoms. The van der Waals surface area contributed by atoms with Gasteiger partial charge in [0.1, 0.15) is 11.5 Å². The van der Waals surface area contributed by atoms with Crippen molar-refractivity contribution in [3.8, 4) is 11.5 Å². The van der Waals surface area contributed by atoms with E-state index in [9.17, 15) is 9.59 Å². The highest BCUT2D eigenvalue weighted by molar-refractivity contribution is 5.90. The molecule has 2 amide bonds. The number of rotatable bonds is 10. The van der Waals surface area contributed by atoms with Crippen molar-refractivity contribution in [3.05, 3.63) is 54.1 Å². The summed E-state index contributed by atoms with van der Waals surface area (Å²) in [6.45, 7) is 4.90. The third-order valence-corrected chi connectivity index (χ3v) is 3.69. The minimum absolute atomic E-state index is 0.0273. The van der Waals surface area contributed by atoms with Crippen LogP contribution in [0.5, 0.6) is 11.5 Å². The molecule has 144 valence electrons. The fraction of sp³-hybridized carbons (Fsp3) is 0.333. The Morgan fingerprint density at radius 3 is 2.44 bits per heavy atom. The second-order valence-electron chi connectivity index (χ2n) is 6.08. The molecule has 6 nitrogen and oxygen atoms in total. The molecule has 0 unspecified atom stereocenters. The van der Waals surface area contributed by atoms with Crippen LogP contribution in [0.3, 0.4) is 0 Å². The van der Waals surface area contributed by atoms with Gasteiger partial charge in [0, 0.05) is 18.7 Å². The third-order valence-electron chi connectivity index (χ3n) is 3.69. The maximum atomic E-state index is 12.0. The topological polar surface area (TPSA) is 76.7 Å². The van der Waals surface area contributed by atoms with E-state index in [0.29, 0.717) is 37.4 Å². The number of amides is 2. The van der Waals surface area contributed by atoms with Crippen LogP contribution in [-0.2, 0) is 9.59 Å². The van der Waals surface area contributed by atoms with Crippen LogP contribution in [0, 0.1) is 6.92 Å². The summed E-state index contributed by atoms with van der Waals surface area (Å²) >= 11 is 0. The Labute approximate surface area is 159 Å². The Kier molecular flexibility index (Phi) is 8.16. The number of hydrogen-bond acceptors (Lipinski definition) is 4. The van der Waals surface area contributed by atoms with Gasteiger partial charge >= 0.3 is 0 Å². The molecule has 0 aliphatic carbocycles. The van der Waals surface area contributed by atoms with Gasteiger partial charge in [0.2, 0.25) is 5.91 Å². The molecule has 0 fully saturated rings. The van der Waals surface area contributed by atoms with Gasteiger partial charge < -0.3 is 20.1 Å². The van der Waals surface area contributed by atoms with Crippen LogP contribution >= 0.6 is 0 Å². The van der Waals surface area contributed by atoms with Crippen molar-refractivity contribution in [2.24, 2.45) is 0 Å². The highest BCUT2D eigenvalue weighted by atomic mass is 16.5. The second kappa shape index (κ2) is 10.9. The first-order chi connectivity index (χ1) is 13.1. The van der Waals surface area contributed by atoms with E-state index in [-0.39, 0.29) is 18.4 Å². The lowest BCUT2D eigenvalue weighted by molar-refractivity contribution is -0.123. The zero-order valence-corrected chi connectivity index (χ0v) is 15.8. The molecular formula is C21H26N2O4. The molecule has 2 rings (SSSR count). The van der Waals surface area contributed by atoms with Crippen molar-refractivity contribution in [1.82, 2.24) is 5.32 Å². The van der Waals surface area contributed by atoms with Crippen molar-refractivity contribution in [2.75, 3.05) is 25.1 Å². The van der Waals surface area contributed by atoms with Crippen LogP contribution in [0.2, 0.25) is 0 Å². The highest BCUT2D eigenvalue weighted by Gasteiger charge is 2.05. The predicted molar refractivity (Wildman–Crippen MR) is 105 cm³/mol. The third kappa shape index (κ3) is 7.81. The van der Waals surface area contributed by atoms with Crippen molar-refractivity contribution < 1.29 is 19.1 Å². The number of nitrogens with one attached hydrogen (secondary N) is 2. The highest BCUT2D eigenvalue weighted by Crippen LogP contribution is 2.16. The van der Waals surface area contributed by atoms with Gasteiger partial charge in [0.05, 0.1) is 6.61 Å². The Bertz CT molecular complexity index is 744. The summed E-state index contributed by atoms with van der Waals surface area (Å²) in [5.41, 5.74) is 1.83. The molecule has 0 spiro atoms. The SMILES string of the molecule is CCNC(=O)COc1ccc(NC(=O)CCCOc2cccc(C)c2)cc1. The molecule has 0 aromatic heterocycles. The molecule has 0 heterocycles. The Balaban J connectivity index is 1.67. The normalized spacial score (nSPS) is 10.1. The van der Waals surface area contributed by atoms with Gasteiger partial charge in [-0.3, -0.25) is 9.59 Å². The number of benzene rings is 2. The second-order valence-corrected chi connectivity index (χ2v) is 6.08. The number of hydrogen-bond donors (Lipinski definition) is 2. The number of anilines is 1. The van der Waals surface area contributed by atoms with Gasteiger partial charge in [-0.1, -0.05) is 12.1 Å². The van der Waals surface area contributed by atoms with Gasteiger partial charge in [-0.05, 0) is 62.2 Å². The van der Waals surface area contributed by atoms with E-state index in [0.717, 1.165) is 11.3 Å². The summed E-state index contributed by atoms with van der Waals surface area (Å²) in [4.78, 5) is 23.4. The first-order valence-corrected chi connectivity index (χ1v) is 9.05. The van der Waals surface area contributed by atoms with Gasteiger partial charge in [-0.2, -0.15) is 0 Å². The number of aryl methyl sites for hydroxylation is 1. The van der Waals surface area contributed by atoms with E-state index in [1.165, 1.54) is 0 Å². The molecule has 0 aliphatic rings. The smallest absolute Gasteiger partial charge is 0.257 e. The van der Waals surface area contributed by atoms with Gasteiger partial charge in [0.25, 0.3) is 5.91 Å². The average molecular weight is 370 g/mol. The summed E-state index contributed by atoms with van der Waals surface area (Å²) in [5, 5.41) is 5.49. The summed E-state index contributed by atoms with van der Waals surface area (Å²) in [6, 6.07) is 14.8. The molecule has 0 saturated heterocycles. The van der Waals surface area contributed by atoms with Gasteiger partial charge in [0.15, 0.2) is 6.61 Å². The van der Waals surface area contributed by atoms with Crippen molar-refractivity contribution in [1.29, 1.82) is 0 Å². The summed E-state index contributed by atoms with van der Waals surface area (Å²) < 4.78 is 11.0. The van der Waals surface area contributed by atoms with E-state index >= 15 is 0 Å². The molecular weight excluding hydrogens is 344 g/mol. The van der Waals surface area contributed by atoms with E-state index in [4.69, 9.17) is 9.47 Å². The molecule has 0 radical (unpaired) electrons. The zero-order chi connectivity index (χ0) is 19.5. The number of carbonyl (C=O) groups is 2. The Morgan fingerprint density at radius 2 is 1.74 bits per heavy atom. The average Bonchev–Trinajstić information content (AvgIpc) is 2.65. The quantitative estimate of drug-likeness (QED) is 0.629. The summed E-state index contributed by atoms with van der Waals surface area (Å²) in [5.74, 6) is 1.16. The zero-order valence-electron chi connectivity index (χ0n) is 15.8. The standard InChI is InChI=1S/C21H26N2O4/c1-3-22-21(25)15-27-18-11-9-17(10-12-18)23-20(24)8-5-13-26-19-7-4-6-16(2)14-19/h4,6-7,9-12,14H,3,5,8,13,15H2,1-2H3,(H,22,25)(H,23,24). The van der Waals surface area contributed by atoms with E-state index in [1.54, 1.807) is 24.3 Å². The molecule has 2 N–H and O–H groups in total. The van der Waals surface area contributed by atoms with Gasteiger partial charge in [-0.15, -0.1) is 0 Å². The van der Waals surface area contributed by atoms with Crippen LogP contribution < -0.4 is 20.1 Å².